The lowest BCUT2D eigenvalue weighted by molar-refractivity contribution is -0.143. The van der Waals surface area contributed by atoms with Crippen molar-refractivity contribution in [1.29, 1.82) is 0 Å². The molecule has 20 heavy (non-hydrogen) atoms. The molecule has 7 heteroatoms. The van der Waals surface area contributed by atoms with Gasteiger partial charge in [-0.15, -0.1) is 0 Å². The van der Waals surface area contributed by atoms with Crippen LogP contribution < -0.4 is 11.1 Å². The smallest absolute Gasteiger partial charge is 0.306 e. The summed E-state index contributed by atoms with van der Waals surface area (Å²) < 4.78 is 1.76. The van der Waals surface area contributed by atoms with Crippen LogP contribution in [0.4, 0.5) is 0 Å². The number of hydrogen-bond acceptors (Lipinski definition) is 4. The van der Waals surface area contributed by atoms with Crippen molar-refractivity contribution in [3.05, 3.63) is 18.2 Å². The molecule has 1 saturated carbocycles. The summed E-state index contributed by atoms with van der Waals surface area (Å²) in [5.41, 5.74) is 5.78. The van der Waals surface area contributed by atoms with Gasteiger partial charge in [-0.1, -0.05) is 6.42 Å². The molecule has 1 heterocycles. The van der Waals surface area contributed by atoms with E-state index in [0.717, 1.165) is 12.8 Å². The molecule has 1 aliphatic carbocycles. The van der Waals surface area contributed by atoms with Gasteiger partial charge >= 0.3 is 5.97 Å². The van der Waals surface area contributed by atoms with Crippen LogP contribution in [-0.4, -0.2) is 39.1 Å². The summed E-state index contributed by atoms with van der Waals surface area (Å²) in [7, 11) is 0. The molecule has 1 amide bonds. The lowest BCUT2D eigenvalue weighted by Gasteiger charge is -2.27. The summed E-state index contributed by atoms with van der Waals surface area (Å²) in [5, 5.41) is 11.9. The van der Waals surface area contributed by atoms with Gasteiger partial charge in [0.25, 0.3) is 5.91 Å². The molecule has 2 unspecified atom stereocenters. The molecule has 0 saturated heterocycles. The van der Waals surface area contributed by atoms with E-state index in [-0.39, 0.29) is 17.9 Å². The zero-order valence-corrected chi connectivity index (χ0v) is 11.3. The van der Waals surface area contributed by atoms with Crippen molar-refractivity contribution in [2.45, 2.75) is 38.3 Å². The number of carboxylic acids is 1. The minimum absolute atomic E-state index is 0.0861. The van der Waals surface area contributed by atoms with Gasteiger partial charge in [0.2, 0.25) is 0 Å². The van der Waals surface area contributed by atoms with E-state index in [2.05, 4.69) is 10.3 Å². The molecular weight excluding hydrogens is 260 g/mol. The molecule has 1 aliphatic rings. The molecule has 0 aromatic carbocycles. The Morgan fingerprint density at radius 3 is 3.00 bits per heavy atom. The highest BCUT2D eigenvalue weighted by molar-refractivity contribution is 5.92. The fourth-order valence-corrected chi connectivity index (χ4v) is 2.55. The average molecular weight is 280 g/mol. The van der Waals surface area contributed by atoms with Crippen LogP contribution in [0.1, 0.15) is 36.2 Å². The first kappa shape index (κ1) is 14.5. The van der Waals surface area contributed by atoms with E-state index in [0.29, 0.717) is 31.6 Å². The topological polar surface area (TPSA) is 110 Å². The van der Waals surface area contributed by atoms with Gasteiger partial charge in [-0.05, 0) is 19.3 Å². The summed E-state index contributed by atoms with van der Waals surface area (Å²) in [5.74, 6) is -1.39. The van der Waals surface area contributed by atoms with Crippen LogP contribution in [0.2, 0.25) is 0 Å². The van der Waals surface area contributed by atoms with E-state index < -0.39 is 5.97 Å². The number of carbonyl (C=O) groups is 2. The van der Waals surface area contributed by atoms with E-state index in [1.165, 1.54) is 0 Å². The van der Waals surface area contributed by atoms with Gasteiger partial charge in [-0.3, -0.25) is 9.59 Å². The molecule has 110 valence electrons. The van der Waals surface area contributed by atoms with Crippen molar-refractivity contribution in [1.82, 2.24) is 14.9 Å². The second-order valence-electron chi connectivity index (χ2n) is 5.16. The highest BCUT2D eigenvalue weighted by atomic mass is 16.4. The maximum Gasteiger partial charge on any atom is 0.306 e. The molecule has 1 aromatic heterocycles. The fraction of sp³-hybridized carbons (Fsp3) is 0.615. The van der Waals surface area contributed by atoms with Crippen LogP contribution in [0.25, 0.3) is 0 Å². The van der Waals surface area contributed by atoms with Crippen LogP contribution >= 0.6 is 0 Å². The summed E-state index contributed by atoms with van der Waals surface area (Å²) in [6, 6.07) is -0.0861. The second-order valence-corrected chi connectivity index (χ2v) is 5.16. The summed E-state index contributed by atoms with van der Waals surface area (Å²) in [4.78, 5) is 27.1. The highest BCUT2D eigenvalue weighted by Gasteiger charge is 2.28. The van der Waals surface area contributed by atoms with Crippen molar-refractivity contribution in [3.8, 4) is 0 Å². The number of nitrogens with one attached hydrogen (secondary N) is 1. The van der Waals surface area contributed by atoms with Crippen LogP contribution in [0, 0.1) is 5.92 Å². The molecule has 4 N–H and O–H groups in total. The normalized spacial score (nSPS) is 22.4. The van der Waals surface area contributed by atoms with Crippen molar-refractivity contribution in [2.24, 2.45) is 11.7 Å². The lowest BCUT2D eigenvalue weighted by atomic mass is 9.86. The van der Waals surface area contributed by atoms with Gasteiger partial charge in [0.05, 0.1) is 12.2 Å². The van der Waals surface area contributed by atoms with Gasteiger partial charge in [-0.25, -0.2) is 4.98 Å². The first-order valence-electron chi connectivity index (χ1n) is 6.85. The fourth-order valence-electron chi connectivity index (χ4n) is 2.55. The third-order valence-corrected chi connectivity index (χ3v) is 3.61. The van der Waals surface area contributed by atoms with Gasteiger partial charge in [-0.2, -0.15) is 0 Å². The van der Waals surface area contributed by atoms with E-state index in [4.69, 9.17) is 10.8 Å². The summed E-state index contributed by atoms with van der Waals surface area (Å²) in [6.45, 7) is 1.10. The number of imidazole rings is 1. The highest BCUT2D eigenvalue weighted by Crippen LogP contribution is 2.24. The Labute approximate surface area is 117 Å². The Kier molecular flexibility index (Phi) is 4.73. The van der Waals surface area contributed by atoms with E-state index in [9.17, 15) is 9.59 Å². The molecule has 0 aliphatic heterocycles. The summed E-state index contributed by atoms with van der Waals surface area (Å²) in [6.07, 6.45) is 6.04. The third kappa shape index (κ3) is 3.57. The van der Waals surface area contributed by atoms with Gasteiger partial charge < -0.3 is 20.7 Å². The predicted octanol–water partition coefficient (Wildman–Crippen LogP) is 0.215. The molecule has 1 aromatic rings. The number of carbonyl (C=O) groups excluding carboxylic acids is 1. The third-order valence-electron chi connectivity index (χ3n) is 3.61. The van der Waals surface area contributed by atoms with E-state index in [1.54, 1.807) is 17.1 Å². The van der Waals surface area contributed by atoms with Crippen molar-refractivity contribution in [2.75, 3.05) is 6.54 Å². The molecule has 2 rings (SSSR count). The number of nitrogens with zero attached hydrogens (tertiary/aromatic N) is 2. The Hall–Kier alpha value is -1.89. The van der Waals surface area contributed by atoms with Crippen molar-refractivity contribution in [3.63, 3.8) is 0 Å². The number of aromatic nitrogens is 2. The molecular formula is C13H20N4O3. The predicted molar refractivity (Wildman–Crippen MR) is 72.1 cm³/mol. The largest absolute Gasteiger partial charge is 0.481 e. The molecule has 0 radical (unpaired) electrons. The molecule has 2 atom stereocenters. The number of hydrogen-bond donors (Lipinski definition) is 3. The Morgan fingerprint density at radius 2 is 2.30 bits per heavy atom. The number of nitrogens with two attached hydrogens (primary N) is 1. The van der Waals surface area contributed by atoms with E-state index in [1.807, 2.05) is 0 Å². The number of rotatable bonds is 5. The molecule has 7 nitrogen and oxygen atoms in total. The quantitative estimate of drug-likeness (QED) is 0.714. The van der Waals surface area contributed by atoms with Gasteiger partial charge in [0, 0.05) is 25.3 Å². The minimum Gasteiger partial charge on any atom is -0.481 e. The van der Waals surface area contributed by atoms with Crippen LogP contribution in [0.15, 0.2) is 12.5 Å². The Bertz CT molecular complexity index is 486. The lowest BCUT2D eigenvalue weighted by Crippen LogP contribution is -2.40. The first-order valence-corrected chi connectivity index (χ1v) is 6.85. The van der Waals surface area contributed by atoms with Crippen LogP contribution in [0.3, 0.4) is 0 Å². The SMILES string of the molecule is NCCn1cnc(C(=O)NC2CCCC(C(=O)O)C2)c1. The van der Waals surface area contributed by atoms with E-state index >= 15 is 0 Å². The standard InChI is InChI=1S/C13H20N4O3/c14-4-5-17-7-11(15-8-17)12(18)16-10-3-1-2-9(6-10)13(19)20/h7-10H,1-6,14H2,(H,16,18)(H,19,20). The van der Waals surface area contributed by atoms with Gasteiger partial charge in [0.1, 0.15) is 5.69 Å². The monoisotopic (exact) mass is 280 g/mol. The number of carboxylic acid groups (broad SMARTS) is 1. The average Bonchev–Trinajstić information content (AvgIpc) is 2.88. The Morgan fingerprint density at radius 1 is 1.50 bits per heavy atom. The maximum absolute atomic E-state index is 12.0. The molecule has 0 bridgehead atoms. The maximum atomic E-state index is 12.0. The van der Waals surface area contributed by atoms with Crippen LogP contribution in [0.5, 0.6) is 0 Å². The summed E-state index contributed by atoms with van der Waals surface area (Å²) >= 11 is 0. The molecule has 0 spiro atoms. The molecule has 1 fully saturated rings. The first-order chi connectivity index (χ1) is 9.60. The van der Waals surface area contributed by atoms with Crippen LogP contribution in [-0.2, 0) is 11.3 Å². The Balaban J connectivity index is 1.91. The zero-order chi connectivity index (χ0) is 14.5. The number of amides is 1. The van der Waals surface area contributed by atoms with Crippen molar-refractivity contribution < 1.29 is 14.7 Å². The van der Waals surface area contributed by atoms with Gasteiger partial charge in [0.15, 0.2) is 0 Å². The number of aliphatic carboxylic acids is 1. The second kappa shape index (κ2) is 6.51. The minimum atomic E-state index is -0.781. The zero-order valence-electron chi connectivity index (χ0n) is 11.3. The van der Waals surface area contributed by atoms with Crippen molar-refractivity contribution >= 4 is 11.9 Å².